The molecule has 1 heterocycles. The molecule has 156 valence electrons. The molecule has 2 aromatic carbocycles. The third-order valence-corrected chi connectivity index (χ3v) is 5.87. The van der Waals surface area contributed by atoms with E-state index in [-0.39, 0.29) is 5.82 Å². The van der Waals surface area contributed by atoms with Crippen molar-refractivity contribution in [1.29, 1.82) is 0 Å². The number of halogens is 1. The Morgan fingerprint density at radius 3 is 2.50 bits per heavy atom. The summed E-state index contributed by atoms with van der Waals surface area (Å²) in [5.41, 5.74) is 2.10. The van der Waals surface area contributed by atoms with Crippen LogP contribution in [-0.4, -0.2) is 27.5 Å². The number of allylic oxidation sites excluding steroid dienone is 1. The average Bonchev–Trinajstić information content (AvgIpc) is 3.57. The zero-order valence-electron chi connectivity index (χ0n) is 17.1. The fourth-order valence-corrected chi connectivity index (χ4v) is 3.94. The van der Waals surface area contributed by atoms with Gasteiger partial charge in [-0.1, -0.05) is 18.2 Å². The minimum atomic E-state index is -0.207. The summed E-state index contributed by atoms with van der Waals surface area (Å²) in [4.78, 5) is 1.39. The summed E-state index contributed by atoms with van der Waals surface area (Å²) in [7, 11) is 1.65. The third kappa shape index (κ3) is 4.52. The van der Waals surface area contributed by atoms with E-state index in [1.165, 1.54) is 29.9 Å². The van der Waals surface area contributed by atoms with E-state index in [2.05, 4.69) is 6.58 Å². The Balaban J connectivity index is 1.63. The predicted molar refractivity (Wildman–Crippen MR) is 117 cm³/mol. The molecule has 0 radical (unpaired) electrons. The van der Waals surface area contributed by atoms with Crippen LogP contribution in [0, 0.1) is 10.6 Å². The van der Waals surface area contributed by atoms with E-state index in [0.29, 0.717) is 24.0 Å². The van der Waals surface area contributed by atoms with E-state index in [4.69, 9.17) is 22.1 Å². The maximum absolute atomic E-state index is 13.3. The fraction of sp³-hybridized carbons (Fsp3) is 0.304. The third-order valence-electron chi connectivity index (χ3n) is 5.43. The van der Waals surface area contributed by atoms with Crippen molar-refractivity contribution in [2.24, 2.45) is 0 Å². The number of methoxy groups -OCH3 is 1. The number of quaternary nitrogens is 1. The summed E-state index contributed by atoms with van der Waals surface area (Å²) in [6.07, 6.45) is 4.23. The van der Waals surface area contributed by atoms with E-state index in [9.17, 15) is 4.39 Å². The summed E-state index contributed by atoms with van der Waals surface area (Å²) in [5, 5.41) is 4.87. The van der Waals surface area contributed by atoms with Gasteiger partial charge in [0.1, 0.15) is 18.1 Å². The summed E-state index contributed by atoms with van der Waals surface area (Å²) < 4.78 is 23.1. The van der Waals surface area contributed by atoms with Gasteiger partial charge >= 0.3 is 0 Å². The molecular formula is C23H26FN4OS+. The van der Waals surface area contributed by atoms with E-state index in [1.54, 1.807) is 7.11 Å². The zero-order chi connectivity index (χ0) is 21.1. The topological polar surface area (TPSA) is 36.4 Å². The number of nitrogens with one attached hydrogen (secondary N) is 1. The van der Waals surface area contributed by atoms with Crippen LogP contribution in [0.25, 0.3) is 11.4 Å². The number of hydrogen-bond acceptors (Lipinski definition) is 3. The maximum Gasteiger partial charge on any atom is 0.203 e. The lowest BCUT2D eigenvalue weighted by Crippen LogP contribution is -3.11. The highest BCUT2D eigenvalue weighted by molar-refractivity contribution is 7.71. The van der Waals surface area contributed by atoms with Crippen LogP contribution in [0.4, 0.5) is 4.39 Å². The second-order valence-electron chi connectivity index (χ2n) is 7.63. The first-order valence-corrected chi connectivity index (χ1v) is 10.5. The molecule has 4 rings (SSSR count). The smallest absolute Gasteiger partial charge is 0.203 e. The minimum Gasteiger partial charge on any atom is -0.497 e. The van der Waals surface area contributed by atoms with Crippen molar-refractivity contribution >= 4 is 12.2 Å². The predicted octanol–water partition coefficient (Wildman–Crippen LogP) is 3.62. The molecule has 3 aromatic rings. The SMILES string of the molecule is C=CCn1c(-c2ccc(OC)cc2)nn(C[NH+](Cc2ccc(F)cc2)C2CC2)c1=S. The van der Waals surface area contributed by atoms with Gasteiger partial charge in [0.2, 0.25) is 4.77 Å². The van der Waals surface area contributed by atoms with Crippen molar-refractivity contribution in [3.63, 3.8) is 0 Å². The first-order valence-electron chi connectivity index (χ1n) is 10.1. The molecule has 30 heavy (non-hydrogen) atoms. The Morgan fingerprint density at radius 2 is 1.90 bits per heavy atom. The second kappa shape index (κ2) is 8.93. The Labute approximate surface area is 181 Å². The number of ether oxygens (including phenoxy) is 1. The molecule has 7 heteroatoms. The molecule has 1 unspecified atom stereocenters. The van der Waals surface area contributed by atoms with Gasteiger partial charge in [-0.25, -0.2) is 4.39 Å². The lowest BCUT2D eigenvalue weighted by Gasteiger charge is -2.19. The van der Waals surface area contributed by atoms with Crippen LogP contribution in [0.2, 0.25) is 0 Å². The van der Waals surface area contributed by atoms with Crippen LogP contribution in [0.5, 0.6) is 5.75 Å². The van der Waals surface area contributed by atoms with Gasteiger partial charge < -0.3 is 9.64 Å². The molecule has 1 atom stereocenters. The van der Waals surface area contributed by atoms with Crippen LogP contribution in [0.1, 0.15) is 18.4 Å². The Hall–Kier alpha value is -2.77. The van der Waals surface area contributed by atoms with Crippen molar-refractivity contribution < 1.29 is 14.0 Å². The van der Waals surface area contributed by atoms with Crippen molar-refractivity contribution in [3.8, 4) is 17.1 Å². The monoisotopic (exact) mass is 425 g/mol. The van der Waals surface area contributed by atoms with Gasteiger partial charge in [0.05, 0.1) is 13.2 Å². The molecular weight excluding hydrogens is 399 g/mol. The molecule has 1 aliphatic rings. The average molecular weight is 426 g/mol. The van der Waals surface area contributed by atoms with E-state index in [1.807, 2.05) is 51.7 Å². The molecule has 1 N–H and O–H groups in total. The van der Waals surface area contributed by atoms with Crippen molar-refractivity contribution in [2.75, 3.05) is 7.11 Å². The van der Waals surface area contributed by atoms with Gasteiger partial charge in [0, 0.05) is 30.5 Å². The molecule has 5 nitrogen and oxygen atoms in total. The lowest BCUT2D eigenvalue weighted by molar-refractivity contribution is -0.947. The van der Waals surface area contributed by atoms with Crippen LogP contribution < -0.4 is 9.64 Å². The Morgan fingerprint density at radius 1 is 1.20 bits per heavy atom. The van der Waals surface area contributed by atoms with Gasteiger partial charge in [-0.05, 0) is 48.6 Å². The minimum absolute atomic E-state index is 0.207. The number of nitrogens with zero attached hydrogens (tertiary/aromatic N) is 3. The van der Waals surface area contributed by atoms with Crippen LogP contribution in [0.15, 0.2) is 61.2 Å². The Kier molecular flexibility index (Phi) is 6.11. The summed E-state index contributed by atoms with van der Waals surface area (Å²) in [6, 6.07) is 15.2. The maximum atomic E-state index is 13.3. The number of benzene rings is 2. The Bertz CT molecular complexity index is 1070. The normalized spacial score (nSPS) is 14.5. The van der Waals surface area contributed by atoms with E-state index in [0.717, 1.165) is 29.2 Å². The molecule has 0 bridgehead atoms. The molecule has 0 amide bonds. The van der Waals surface area contributed by atoms with Crippen molar-refractivity contribution in [3.05, 3.63) is 77.3 Å². The largest absolute Gasteiger partial charge is 0.497 e. The summed E-state index contributed by atoms with van der Waals surface area (Å²) in [5.74, 6) is 1.41. The summed E-state index contributed by atoms with van der Waals surface area (Å²) in [6.45, 7) is 5.96. The first kappa shape index (κ1) is 20.5. The van der Waals surface area contributed by atoms with E-state index >= 15 is 0 Å². The first-order chi connectivity index (χ1) is 14.6. The van der Waals surface area contributed by atoms with Gasteiger partial charge in [-0.3, -0.25) is 4.57 Å². The van der Waals surface area contributed by atoms with Gasteiger partial charge in [-0.15, -0.1) is 11.7 Å². The molecule has 0 aliphatic heterocycles. The van der Waals surface area contributed by atoms with E-state index < -0.39 is 0 Å². The van der Waals surface area contributed by atoms with Crippen LogP contribution in [-0.2, 0) is 19.8 Å². The van der Waals surface area contributed by atoms with Crippen LogP contribution >= 0.6 is 12.2 Å². The highest BCUT2D eigenvalue weighted by Gasteiger charge is 2.34. The van der Waals surface area contributed by atoms with Gasteiger partial charge in [0.15, 0.2) is 12.5 Å². The zero-order valence-corrected chi connectivity index (χ0v) is 17.9. The van der Waals surface area contributed by atoms with Crippen molar-refractivity contribution in [1.82, 2.24) is 14.3 Å². The fourth-order valence-electron chi connectivity index (χ4n) is 3.67. The van der Waals surface area contributed by atoms with Crippen LogP contribution in [0.3, 0.4) is 0 Å². The molecule has 1 aromatic heterocycles. The number of rotatable bonds is 9. The van der Waals surface area contributed by atoms with Crippen molar-refractivity contribution in [2.45, 2.75) is 38.6 Å². The number of aromatic nitrogens is 3. The molecule has 1 fully saturated rings. The summed E-state index contributed by atoms with van der Waals surface area (Å²) >= 11 is 5.76. The standard InChI is InChI=1S/C23H25FN4OS/c1-3-14-27-22(18-6-12-21(29-2)13-7-18)25-28(23(27)30)16-26(20-10-11-20)15-17-4-8-19(24)9-5-17/h3-9,12-13,20H,1,10-11,14-16H2,2H3/p+1. The van der Waals surface area contributed by atoms with Gasteiger partial charge in [0.25, 0.3) is 0 Å². The highest BCUT2D eigenvalue weighted by Crippen LogP contribution is 2.22. The second-order valence-corrected chi connectivity index (χ2v) is 7.99. The quantitative estimate of drug-likeness (QED) is 0.420. The van der Waals surface area contributed by atoms with Gasteiger partial charge in [-0.2, -0.15) is 4.68 Å². The number of hydrogen-bond donors (Lipinski definition) is 1. The molecule has 0 spiro atoms. The molecule has 1 saturated carbocycles. The highest BCUT2D eigenvalue weighted by atomic mass is 32.1. The molecule has 0 saturated heterocycles. The lowest BCUT2D eigenvalue weighted by atomic mass is 10.2. The molecule has 1 aliphatic carbocycles.